The maximum Gasteiger partial charge on any atom is 0.238 e. The van der Waals surface area contributed by atoms with Gasteiger partial charge in [0, 0.05) is 6.42 Å². The van der Waals surface area contributed by atoms with E-state index in [1.54, 1.807) is 0 Å². The first-order chi connectivity index (χ1) is 4.29. The lowest BCUT2D eigenvalue weighted by atomic mass is 9.98. The van der Waals surface area contributed by atoms with Gasteiger partial charge >= 0.3 is 0 Å². The Balaban J connectivity index is 1.91. The summed E-state index contributed by atoms with van der Waals surface area (Å²) in [7, 11) is 0. The third-order valence-corrected chi connectivity index (χ3v) is 1.66. The highest BCUT2D eigenvalue weighted by molar-refractivity contribution is 4.74. The van der Waals surface area contributed by atoms with E-state index < -0.39 is 6.43 Å². The van der Waals surface area contributed by atoms with Gasteiger partial charge in [0.2, 0.25) is 6.43 Å². The highest BCUT2D eigenvalue weighted by atomic mass is 19.3. The van der Waals surface area contributed by atoms with Crippen LogP contribution in [0.3, 0.4) is 0 Å². The van der Waals surface area contributed by atoms with Gasteiger partial charge in [0.1, 0.15) is 0 Å². The highest BCUT2D eigenvalue weighted by Crippen LogP contribution is 2.14. The van der Waals surface area contributed by atoms with Crippen molar-refractivity contribution in [2.75, 3.05) is 13.1 Å². The summed E-state index contributed by atoms with van der Waals surface area (Å²) in [4.78, 5) is 0. The van der Waals surface area contributed by atoms with Gasteiger partial charge in [-0.15, -0.1) is 0 Å². The van der Waals surface area contributed by atoms with Crippen LogP contribution in [0, 0.1) is 5.92 Å². The lowest BCUT2D eigenvalue weighted by molar-refractivity contribution is 0.121. The molecule has 0 unspecified atom stereocenters. The Labute approximate surface area is 53.4 Å². The molecule has 0 bridgehead atoms. The molecule has 0 aliphatic carbocycles. The van der Waals surface area contributed by atoms with Crippen LogP contribution in [0.1, 0.15) is 12.8 Å². The van der Waals surface area contributed by atoms with Crippen molar-refractivity contribution in [1.29, 1.82) is 0 Å². The van der Waals surface area contributed by atoms with Gasteiger partial charge in [-0.2, -0.15) is 0 Å². The number of hydrogen-bond acceptors (Lipinski definition) is 1. The van der Waals surface area contributed by atoms with E-state index in [0.717, 1.165) is 13.1 Å². The summed E-state index contributed by atoms with van der Waals surface area (Å²) in [6.07, 6.45) is -1.34. The quantitative estimate of drug-likeness (QED) is 0.614. The third-order valence-electron chi connectivity index (χ3n) is 1.66. The topological polar surface area (TPSA) is 12.0 Å². The first kappa shape index (κ1) is 6.93. The van der Waals surface area contributed by atoms with Gasteiger partial charge in [-0.05, 0) is 25.4 Å². The minimum absolute atomic E-state index is 0.0757. The van der Waals surface area contributed by atoms with Crippen molar-refractivity contribution in [3.8, 4) is 0 Å². The van der Waals surface area contributed by atoms with E-state index in [-0.39, 0.29) is 6.42 Å². The molecular weight excluding hydrogens is 124 g/mol. The van der Waals surface area contributed by atoms with E-state index in [1.165, 1.54) is 0 Å². The molecule has 1 heterocycles. The summed E-state index contributed by atoms with van der Waals surface area (Å²) in [6.45, 7) is 1.87. The molecule has 9 heavy (non-hydrogen) atoms. The molecule has 1 N–H and O–H groups in total. The molecule has 1 nitrogen and oxygen atoms in total. The normalized spacial score (nSPS) is 20.3. The van der Waals surface area contributed by atoms with Gasteiger partial charge in [0.05, 0.1) is 0 Å². The van der Waals surface area contributed by atoms with Crippen molar-refractivity contribution < 1.29 is 8.78 Å². The fraction of sp³-hybridized carbons (Fsp3) is 1.00. The maximum absolute atomic E-state index is 11.5. The van der Waals surface area contributed by atoms with Crippen LogP contribution in [0.25, 0.3) is 0 Å². The Morgan fingerprint density at radius 3 is 2.44 bits per heavy atom. The number of hydrogen-bond donors (Lipinski definition) is 1. The van der Waals surface area contributed by atoms with Gasteiger partial charge in [-0.25, -0.2) is 8.78 Å². The highest BCUT2D eigenvalue weighted by Gasteiger charge is 2.17. The fourth-order valence-corrected chi connectivity index (χ4v) is 0.914. The molecule has 0 spiro atoms. The number of nitrogens with one attached hydrogen (secondary N) is 1. The molecule has 3 heteroatoms. The van der Waals surface area contributed by atoms with Crippen LogP contribution in [0.5, 0.6) is 0 Å². The zero-order chi connectivity index (χ0) is 6.69. The second-order valence-electron chi connectivity index (χ2n) is 2.49. The van der Waals surface area contributed by atoms with E-state index in [9.17, 15) is 8.78 Å². The zero-order valence-electron chi connectivity index (χ0n) is 5.24. The first-order valence-corrected chi connectivity index (χ1v) is 3.28. The molecule has 1 rings (SSSR count). The summed E-state index contributed by atoms with van der Waals surface area (Å²) in [5, 5.41) is 3.04. The summed E-state index contributed by atoms with van der Waals surface area (Å²) in [5.74, 6) is 0.527. The Bertz CT molecular complexity index is 81.1. The summed E-state index contributed by atoms with van der Waals surface area (Å²) in [5.41, 5.74) is 0. The van der Waals surface area contributed by atoms with E-state index in [0.29, 0.717) is 12.3 Å². The van der Waals surface area contributed by atoms with Crippen molar-refractivity contribution in [1.82, 2.24) is 5.32 Å². The Morgan fingerprint density at radius 2 is 2.11 bits per heavy atom. The van der Waals surface area contributed by atoms with Crippen molar-refractivity contribution in [3.05, 3.63) is 0 Å². The van der Waals surface area contributed by atoms with Crippen LogP contribution in [-0.2, 0) is 0 Å². The summed E-state index contributed by atoms with van der Waals surface area (Å²) in [6, 6.07) is 0. The first-order valence-electron chi connectivity index (χ1n) is 3.28. The smallest absolute Gasteiger partial charge is 0.238 e. The molecule has 1 aliphatic rings. The largest absolute Gasteiger partial charge is 0.316 e. The van der Waals surface area contributed by atoms with Crippen LogP contribution in [0.2, 0.25) is 0 Å². The second kappa shape index (κ2) is 3.11. The monoisotopic (exact) mass is 135 g/mol. The predicted molar refractivity (Wildman–Crippen MR) is 31.6 cm³/mol. The average molecular weight is 135 g/mol. The second-order valence-corrected chi connectivity index (χ2v) is 2.49. The third kappa shape index (κ3) is 2.26. The molecule has 54 valence electrons. The maximum atomic E-state index is 11.5. The molecule has 0 aromatic rings. The lowest BCUT2D eigenvalue weighted by Gasteiger charge is -2.26. The van der Waals surface area contributed by atoms with Crippen molar-refractivity contribution in [3.63, 3.8) is 0 Å². The molecule has 0 atom stereocenters. The fourth-order valence-electron chi connectivity index (χ4n) is 0.914. The van der Waals surface area contributed by atoms with Crippen molar-refractivity contribution in [2.24, 2.45) is 5.92 Å². The molecule has 1 fully saturated rings. The van der Waals surface area contributed by atoms with E-state index in [2.05, 4.69) is 5.32 Å². The lowest BCUT2D eigenvalue weighted by Crippen LogP contribution is -2.41. The molecule has 0 radical (unpaired) electrons. The van der Waals surface area contributed by atoms with Crippen LogP contribution in [0.4, 0.5) is 8.78 Å². The van der Waals surface area contributed by atoms with Crippen LogP contribution >= 0.6 is 0 Å². The predicted octanol–water partition coefficient (Wildman–Crippen LogP) is 1.25. The number of halogens is 2. The molecule has 0 aromatic carbocycles. The minimum atomic E-state index is -2.11. The van der Waals surface area contributed by atoms with Gasteiger partial charge in [-0.3, -0.25) is 0 Å². The van der Waals surface area contributed by atoms with Gasteiger partial charge in [0.15, 0.2) is 0 Å². The molecule has 1 aliphatic heterocycles. The van der Waals surface area contributed by atoms with Gasteiger partial charge in [0.25, 0.3) is 0 Å². The number of rotatable bonds is 3. The van der Waals surface area contributed by atoms with Crippen LogP contribution in [0.15, 0.2) is 0 Å². The molecule has 0 amide bonds. The molecule has 1 saturated heterocycles. The zero-order valence-corrected chi connectivity index (χ0v) is 5.24. The van der Waals surface area contributed by atoms with Crippen LogP contribution in [-0.4, -0.2) is 19.5 Å². The molecule has 0 aromatic heterocycles. The van der Waals surface area contributed by atoms with Crippen molar-refractivity contribution in [2.45, 2.75) is 19.3 Å². The Morgan fingerprint density at radius 1 is 1.44 bits per heavy atom. The standard InChI is InChI=1S/C6H11F2N/c7-6(8)2-1-5-3-9-4-5/h5-6,9H,1-4H2. The van der Waals surface area contributed by atoms with Gasteiger partial charge in [-0.1, -0.05) is 0 Å². The Kier molecular flexibility index (Phi) is 2.39. The number of alkyl halides is 2. The SMILES string of the molecule is FC(F)CCC1CNC1. The van der Waals surface area contributed by atoms with E-state index in [1.807, 2.05) is 0 Å². The van der Waals surface area contributed by atoms with E-state index >= 15 is 0 Å². The average Bonchev–Trinajstić information content (AvgIpc) is 1.60. The minimum Gasteiger partial charge on any atom is -0.316 e. The van der Waals surface area contributed by atoms with Crippen molar-refractivity contribution >= 4 is 0 Å². The Hall–Kier alpha value is -0.180. The summed E-state index contributed by atoms with van der Waals surface area (Å²) >= 11 is 0. The van der Waals surface area contributed by atoms with Crippen LogP contribution < -0.4 is 5.32 Å². The van der Waals surface area contributed by atoms with Gasteiger partial charge < -0.3 is 5.32 Å². The molecular formula is C6H11F2N. The summed E-state index contributed by atoms with van der Waals surface area (Å²) < 4.78 is 23.1. The van der Waals surface area contributed by atoms with E-state index in [4.69, 9.17) is 0 Å². The molecule has 0 saturated carbocycles.